The molecule has 0 spiro atoms. The van der Waals surface area contributed by atoms with Crippen LogP contribution in [0.2, 0.25) is 0 Å². The average molecular weight is 598 g/mol. The van der Waals surface area contributed by atoms with E-state index < -0.39 is 11.6 Å². The molecule has 218 valence electrons. The summed E-state index contributed by atoms with van der Waals surface area (Å²) in [6, 6.07) is 24.3. The molecule has 43 heavy (non-hydrogen) atoms. The molecular formula is C31H28ClN7O4. The molecule has 12 heteroatoms. The van der Waals surface area contributed by atoms with Crippen molar-refractivity contribution in [1.29, 1.82) is 0 Å². The molecule has 11 nitrogen and oxygen atoms in total. The van der Waals surface area contributed by atoms with Gasteiger partial charge < -0.3 is 25.9 Å². The zero-order valence-electron chi connectivity index (χ0n) is 23.1. The third-order valence-corrected chi connectivity index (χ3v) is 7.37. The number of carbonyl (C=O) groups is 1. The molecule has 1 atom stereocenters. The van der Waals surface area contributed by atoms with Gasteiger partial charge in [-0.05, 0) is 48.9 Å². The van der Waals surface area contributed by atoms with Crippen molar-refractivity contribution in [2.24, 2.45) is 10.2 Å². The zero-order valence-corrected chi connectivity index (χ0v) is 23.9. The number of hydrogen-bond acceptors (Lipinski definition) is 10. The summed E-state index contributed by atoms with van der Waals surface area (Å²) < 4.78 is 6.72. The molecule has 5 heterocycles. The number of benzene rings is 2. The van der Waals surface area contributed by atoms with E-state index in [9.17, 15) is 14.7 Å². The largest absolute Gasteiger partial charge is 0.458 e. The van der Waals surface area contributed by atoms with Gasteiger partial charge in [-0.3, -0.25) is 4.79 Å². The number of hydrogen-bond donors (Lipinski definition) is 3. The minimum atomic E-state index is -1.79. The number of nitrogens with two attached hydrogens (primary N) is 2. The van der Waals surface area contributed by atoms with Gasteiger partial charge in [-0.15, -0.1) is 17.5 Å². The number of nitrogens with zero attached hydrogens (tertiary/aromatic N) is 5. The molecule has 0 bridgehead atoms. The van der Waals surface area contributed by atoms with Crippen molar-refractivity contribution < 1.29 is 14.6 Å². The third kappa shape index (κ3) is 5.31. The minimum absolute atomic E-state index is 0. The maximum absolute atomic E-state index is 13.0. The second-order valence-electron chi connectivity index (χ2n) is 9.97. The highest BCUT2D eigenvalue weighted by Crippen LogP contribution is 2.38. The van der Waals surface area contributed by atoms with Crippen molar-refractivity contribution in [2.45, 2.75) is 32.1 Å². The van der Waals surface area contributed by atoms with Gasteiger partial charge in [0.05, 0.1) is 34.7 Å². The first-order valence-electron chi connectivity index (χ1n) is 13.3. The standard InChI is InChI=1S/C20H16N2O4.C11H11N5.ClH/c1-2-20(25)14-8-16-17-12(7-11-5-3-4-6-15(11)21-17)9-22(16)18(23)13(14)10-26-19(20)24;12-10-7-6-9(11(13)14-10)16-15-8-4-2-1-3-5-8;/h3-8,25H,2,9-10H2,1H3;1-7H,(H4,12,13,14);1H. The first-order chi connectivity index (χ1) is 20.3. The van der Waals surface area contributed by atoms with Crippen LogP contribution in [0.4, 0.5) is 23.0 Å². The predicted octanol–water partition coefficient (Wildman–Crippen LogP) is 5.16. The lowest BCUT2D eigenvalue weighted by Gasteiger charge is -2.31. The van der Waals surface area contributed by atoms with Gasteiger partial charge in [-0.2, -0.15) is 5.11 Å². The molecule has 0 saturated carbocycles. The van der Waals surface area contributed by atoms with E-state index >= 15 is 0 Å². The van der Waals surface area contributed by atoms with E-state index in [1.165, 1.54) is 0 Å². The fraction of sp³-hybridized carbons (Fsp3) is 0.161. The summed E-state index contributed by atoms with van der Waals surface area (Å²) in [5.74, 6) is -0.0580. The summed E-state index contributed by atoms with van der Waals surface area (Å²) in [6.07, 6.45) is 0.139. The Bertz CT molecular complexity index is 1950. The average Bonchev–Trinajstić information content (AvgIpc) is 3.36. The molecule has 0 amide bonds. The van der Waals surface area contributed by atoms with Crippen LogP contribution in [-0.2, 0) is 28.3 Å². The van der Waals surface area contributed by atoms with Gasteiger partial charge in [-0.1, -0.05) is 43.3 Å². The van der Waals surface area contributed by atoms with Crippen LogP contribution in [0.25, 0.3) is 22.3 Å². The Balaban J connectivity index is 0.000000188. The second-order valence-corrected chi connectivity index (χ2v) is 9.97. The number of anilines is 2. The van der Waals surface area contributed by atoms with Crippen LogP contribution in [0.3, 0.4) is 0 Å². The van der Waals surface area contributed by atoms with Crippen LogP contribution in [0.1, 0.15) is 30.0 Å². The molecule has 2 aromatic carbocycles. The van der Waals surface area contributed by atoms with Crippen molar-refractivity contribution in [3.05, 3.63) is 106 Å². The smallest absolute Gasteiger partial charge is 0.343 e. The molecule has 7 rings (SSSR count). The molecule has 5 N–H and O–H groups in total. The van der Waals surface area contributed by atoms with Gasteiger partial charge in [0.2, 0.25) is 0 Å². The molecule has 0 saturated heterocycles. The van der Waals surface area contributed by atoms with Crippen molar-refractivity contribution in [2.75, 3.05) is 11.5 Å². The molecular weight excluding hydrogens is 570 g/mol. The van der Waals surface area contributed by atoms with Crippen LogP contribution in [0, 0.1) is 0 Å². The van der Waals surface area contributed by atoms with E-state index in [0.717, 1.165) is 27.8 Å². The maximum Gasteiger partial charge on any atom is 0.343 e. The number of para-hydroxylation sites is 1. The van der Waals surface area contributed by atoms with Gasteiger partial charge in [0.1, 0.15) is 18.1 Å². The monoisotopic (exact) mass is 597 g/mol. The van der Waals surface area contributed by atoms with E-state index in [1.54, 1.807) is 29.7 Å². The van der Waals surface area contributed by atoms with Crippen LogP contribution < -0.4 is 17.0 Å². The Hall–Kier alpha value is -5.13. The van der Waals surface area contributed by atoms with E-state index in [4.69, 9.17) is 21.2 Å². The topological polar surface area (TPSA) is 171 Å². The molecule has 0 fully saturated rings. The Morgan fingerprint density at radius 2 is 1.72 bits per heavy atom. The maximum atomic E-state index is 13.0. The number of esters is 1. The van der Waals surface area contributed by atoms with E-state index in [1.807, 2.05) is 60.7 Å². The number of nitrogen functional groups attached to an aromatic ring is 2. The highest BCUT2D eigenvalue weighted by molar-refractivity contribution is 5.86. The van der Waals surface area contributed by atoms with Crippen LogP contribution in [0.15, 0.2) is 93.9 Å². The summed E-state index contributed by atoms with van der Waals surface area (Å²) in [7, 11) is 0. The van der Waals surface area contributed by atoms with Crippen molar-refractivity contribution in [3.8, 4) is 11.4 Å². The highest BCUT2D eigenvalue weighted by Gasteiger charge is 2.45. The molecule has 0 aliphatic carbocycles. The summed E-state index contributed by atoms with van der Waals surface area (Å²) in [6.45, 7) is 2.01. The van der Waals surface area contributed by atoms with Crippen molar-refractivity contribution in [3.63, 3.8) is 0 Å². The summed E-state index contributed by atoms with van der Waals surface area (Å²) in [5.41, 5.74) is 14.2. The number of cyclic esters (lactones) is 1. The van der Waals surface area contributed by atoms with Gasteiger partial charge in [0, 0.05) is 16.5 Å². The van der Waals surface area contributed by atoms with E-state index in [2.05, 4.69) is 15.2 Å². The number of rotatable bonds is 3. The number of aliphatic hydroxyl groups is 1. The molecule has 5 aromatic rings. The quantitative estimate of drug-likeness (QED) is 0.185. The van der Waals surface area contributed by atoms with Crippen LogP contribution in [-0.4, -0.2) is 25.6 Å². The number of aromatic nitrogens is 3. The molecule has 2 aliphatic rings. The van der Waals surface area contributed by atoms with Gasteiger partial charge in [-0.25, -0.2) is 14.8 Å². The van der Waals surface area contributed by atoms with Crippen molar-refractivity contribution in [1.82, 2.24) is 14.5 Å². The van der Waals surface area contributed by atoms with E-state index in [0.29, 0.717) is 34.9 Å². The van der Waals surface area contributed by atoms with E-state index in [-0.39, 0.29) is 36.8 Å². The predicted molar refractivity (Wildman–Crippen MR) is 165 cm³/mol. The fourth-order valence-electron chi connectivity index (χ4n) is 5.10. The normalized spacial score (nSPS) is 16.4. The first-order valence-corrected chi connectivity index (χ1v) is 13.3. The third-order valence-electron chi connectivity index (χ3n) is 7.37. The number of carbonyl (C=O) groups excluding carboxylic acids is 1. The molecule has 0 radical (unpaired) electrons. The fourth-order valence-corrected chi connectivity index (χ4v) is 5.10. The second kappa shape index (κ2) is 11.6. The van der Waals surface area contributed by atoms with Gasteiger partial charge in [0.15, 0.2) is 11.4 Å². The Kier molecular flexibility index (Phi) is 7.94. The Morgan fingerprint density at radius 1 is 0.977 bits per heavy atom. The highest BCUT2D eigenvalue weighted by atomic mass is 35.5. The van der Waals surface area contributed by atoms with Crippen LogP contribution >= 0.6 is 12.4 Å². The number of halogens is 1. The first kappa shape index (κ1) is 29.4. The van der Waals surface area contributed by atoms with Gasteiger partial charge in [0.25, 0.3) is 5.56 Å². The zero-order chi connectivity index (χ0) is 29.4. The van der Waals surface area contributed by atoms with Crippen LogP contribution in [0.5, 0.6) is 0 Å². The molecule has 2 aliphatic heterocycles. The number of azo groups is 1. The van der Waals surface area contributed by atoms with Gasteiger partial charge >= 0.3 is 5.97 Å². The summed E-state index contributed by atoms with van der Waals surface area (Å²) in [4.78, 5) is 33.8. The Morgan fingerprint density at radius 3 is 2.47 bits per heavy atom. The Labute approximate surface area is 252 Å². The number of pyridine rings is 3. The SMILES string of the molecule is CCC1(O)C(=O)OCc2c1cc1n(c2=O)Cc2cc3ccccc3nc2-1.Cl.Nc1ccc(N=Nc2ccccc2)c(N)n1. The minimum Gasteiger partial charge on any atom is -0.458 e. The lowest BCUT2D eigenvalue weighted by molar-refractivity contribution is -0.172. The van der Waals surface area contributed by atoms with Crippen molar-refractivity contribution >= 4 is 52.3 Å². The lowest BCUT2D eigenvalue weighted by atomic mass is 9.86. The lowest BCUT2D eigenvalue weighted by Crippen LogP contribution is -2.44. The summed E-state index contributed by atoms with van der Waals surface area (Å²) in [5, 5.41) is 19.9. The number of ether oxygens (including phenoxy) is 1. The number of fused-ring (bicyclic) bond motifs is 5. The molecule has 3 aromatic heterocycles. The molecule has 1 unspecified atom stereocenters. The summed E-state index contributed by atoms with van der Waals surface area (Å²) >= 11 is 0.